The highest BCUT2D eigenvalue weighted by Gasteiger charge is 2.30. The number of sulfonamides is 1. The second kappa shape index (κ2) is 4.21. The molecule has 1 atom stereocenters. The molecule has 2 heterocycles. The van der Waals surface area contributed by atoms with Crippen LogP contribution in [0, 0.1) is 5.92 Å². The lowest BCUT2D eigenvalue weighted by Crippen LogP contribution is -2.28. The van der Waals surface area contributed by atoms with Crippen molar-refractivity contribution >= 4 is 21.1 Å². The second-order valence-corrected chi connectivity index (χ2v) is 6.98. The highest BCUT2D eigenvalue weighted by Crippen LogP contribution is 2.25. The van der Waals surface area contributed by atoms with Crippen LogP contribution < -0.4 is 5.69 Å². The molecule has 0 bridgehead atoms. The number of aromatic nitrogens is 2. The van der Waals surface area contributed by atoms with E-state index in [2.05, 4.69) is 9.97 Å². The van der Waals surface area contributed by atoms with E-state index in [0.717, 1.165) is 6.42 Å². The number of imidazole rings is 1. The van der Waals surface area contributed by atoms with Gasteiger partial charge in [-0.15, -0.1) is 0 Å². The van der Waals surface area contributed by atoms with Crippen molar-refractivity contribution in [3.8, 4) is 0 Å². The monoisotopic (exact) mass is 281 g/mol. The molecule has 1 fully saturated rings. The van der Waals surface area contributed by atoms with Crippen LogP contribution in [0.25, 0.3) is 11.0 Å². The minimum Gasteiger partial charge on any atom is -0.306 e. The molecule has 102 valence electrons. The minimum absolute atomic E-state index is 0.226. The molecule has 1 aromatic heterocycles. The molecule has 1 aliphatic heterocycles. The smallest absolute Gasteiger partial charge is 0.306 e. The maximum absolute atomic E-state index is 12.5. The van der Waals surface area contributed by atoms with Crippen LogP contribution in [0.4, 0.5) is 0 Å². The third-order valence-corrected chi connectivity index (χ3v) is 5.37. The van der Waals surface area contributed by atoms with Gasteiger partial charge >= 0.3 is 5.69 Å². The summed E-state index contributed by atoms with van der Waals surface area (Å²) in [5.74, 6) is 0.394. The minimum atomic E-state index is -3.46. The van der Waals surface area contributed by atoms with Gasteiger partial charge in [0.15, 0.2) is 0 Å². The van der Waals surface area contributed by atoms with Crippen molar-refractivity contribution in [3.63, 3.8) is 0 Å². The Morgan fingerprint density at radius 1 is 1.26 bits per heavy atom. The van der Waals surface area contributed by atoms with Crippen molar-refractivity contribution in [2.24, 2.45) is 5.92 Å². The summed E-state index contributed by atoms with van der Waals surface area (Å²) in [4.78, 5) is 16.6. The third-order valence-electron chi connectivity index (χ3n) is 3.51. The number of nitrogens with one attached hydrogen (secondary N) is 2. The van der Waals surface area contributed by atoms with Crippen LogP contribution in [-0.2, 0) is 10.0 Å². The Morgan fingerprint density at radius 3 is 2.68 bits per heavy atom. The molecule has 7 heteroatoms. The SMILES string of the molecule is CC1CCN(S(=O)(=O)c2ccc3[nH]c(=O)[nH]c3c2)C1. The topological polar surface area (TPSA) is 86.0 Å². The van der Waals surface area contributed by atoms with Crippen molar-refractivity contribution in [1.29, 1.82) is 0 Å². The number of H-pyrrole nitrogens is 2. The van der Waals surface area contributed by atoms with E-state index in [1.165, 1.54) is 16.4 Å². The average molecular weight is 281 g/mol. The van der Waals surface area contributed by atoms with E-state index < -0.39 is 10.0 Å². The summed E-state index contributed by atoms with van der Waals surface area (Å²) < 4.78 is 26.4. The van der Waals surface area contributed by atoms with Gasteiger partial charge in [-0.1, -0.05) is 6.92 Å². The summed E-state index contributed by atoms with van der Waals surface area (Å²) in [7, 11) is -3.46. The fourth-order valence-electron chi connectivity index (χ4n) is 2.43. The molecule has 0 saturated carbocycles. The van der Waals surface area contributed by atoms with Crippen LogP contribution in [-0.4, -0.2) is 35.8 Å². The molecule has 1 saturated heterocycles. The van der Waals surface area contributed by atoms with Crippen molar-refractivity contribution < 1.29 is 8.42 Å². The van der Waals surface area contributed by atoms with Crippen LogP contribution in [0.2, 0.25) is 0 Å². The first-order chi connectivity index (χ1) is 8.96. The van der Waals surface area contributed by atoms with Crippen molar-refractivity contribution in [2.75, 3.05) is 13.1 Å². The zero-order chi connectivity index (χ0) is 13.6. The standard InChI is InChI=1S/C12H15N3O3S/c1-8-4-5-15(7-8)19(17,18)9-2-3-10-11(6-9)14-12(16)13-10/h2-3,6,8H,4-5,7H2,1H3,(H2,13,14,16). The van der Waals surface area contributed by atoms with Gasteiger partial charge in [0.2, 0.25) is 10.0 Å². The summed E-state index contributed by atoms with van der Waals surface area (Å²) in [6, 6.07) is 4.65. The quantitative estimate of drug-likeness (QED) is 0.857. The Bertz CT molecular complexity index is 775. The Kier molecular flexibility index (Phi) is 2.75. The van der Waals surface area contributed by atoms with Crippen LogP contribution >= 0.6 is 0 Å². The predicted octanol–water partition coefficient (Wildman–Crippen LogP) is 0.887. The highest BCUT2D eigenvalue weighted by atomic mass is 32.2. The van der Waals surface area contributed by atoms with Gasteiger partial charge in [-0.3, -0.25) is 0 Å². The van der Waals surface area contributed by atoms with E-state index in [9.17, 15) is 13.2 Å². The molecule has 0 radical (unpaired) electrons. The van der Waals surface area contributed by atoms with Crippen molar-refractivity contribution in [3.05, 3.63) is 28.7 Å². The van der Waals surface area contributed by atoms with Gasteiger partial charge in [0.25, 0.3) is 0 Å². The number of benzene rings is 1. The molecule has 2 N–H and O–H groups in total. The van der Waals surface area contributed by atoms with Gasteiger partial charge < -0.3 is 9.97 Å². The van der Waals surface area contributed by atoms with Crippen LogP contribution in [0.15, 0.2) is 27.9 Å². The normalized spacial score (nSPS) is 21.2. The maximum Gasteiger partial charge on any atom is 0.323 e. The summed E-state index contributed by atoms with van der Waals surface area (Å²) in [6.45, 7) is 3.16. The number of nitrogens with zero attached hydrogens (tertiary/aromatic N) is 1. The largest absolute Gasteiger partial charge is 0.323 e. The van der Waals surface area contributed by atoms with E-state index in [-0.39, 0.29) is 10.6 Å². The molecule has 6 nitrogen and oxygen atoms in total. The highest BCUT2D eigenvalue weighted by molar-refractivity contribution is 7.89. The van der Waals surface area contributed by atoms with E-state index in [1.54, 1.807) is 6.07 Å². The molecule has 0 amide bonds. The first-order valence-corrected chi connectivity index (χ1v) is 7.63. The zero-order valence-electron chi connectivity index (χ0n) is 10.5. The number of rotatable bonds is 2. The van der Waals surface area contributed by atoms with E-state index in [1.807, 2.05) is 6.92 Å². The lowest BCUT2D eigenvalue weighted by Gasteiger charge is -2.15. The summed E-state index contributed by atoms with van der Waals surface area (Å²) in [5, 5.41) is 0. The molecule has 3 rings (SSSR count). The van der Waals surface area contributed by atoms with Gasteiger partial charge in [-0.25, -0.2) is 13.2 Å². The zero-order valence-corrected chi connectivity index (χ0v) is 11.3. The number of aromatic amines is 2. The van der Waals surface area contributed by atoms with Gasteiger partial charge in [0.1, 0.15) is 0 Å². The summed E-state index contributed by atoms with van der Waals surface area (Å²) in [6.07, 6.45) is 0.891. The molecule has 0 aliphatic carbocycles. The van der Waals surface area contributed by atoms with Gasteiger partial charge in [0, 0.05) is 13.1 Å². The van der Waals surface area contributed by atoms with Gasteiger partial charge in [-0.05, 0) is 30.5 Å². The maximum atomic E-state index is 12.5. The Balaban J connectivity index is 2.05. The number of hydrogen-bond donors (Lipinski definition) is 2. The first kappa shape index (κ1) is 12.4. The molecule has 2 aromatic rings. The fourth-order valence-corrected chi connectivity index (χ4v) is 4.04. The van der Waals surface area contributed by atoms with Crippen LogP contribution in [0.5, 0.6) is 0 Å². The third kappa shape index (κ3) is 2.08. The molecular weight excluding hydrogens is 266 g/mol. The van der Waals surface area contributed by atoms with Crippen molar-refractivity contribution in [1.82, 2.24) is 14.3 Å². The van der Waals surface area contributed by atoms with Crippen LogP contribution in [0.1, 0.15) is 13.3 Å². The Labute approximate surface area is 110 Å². The molecule has 19 heavy (non-hydrogen) atoms. The van der Waals surface area contributed by atoms with E-state index >= 15 is 0 Å². The lowest BCUT2D eigenvalue weighted by atomic mass is 10.2. The predicted molar refractivity (Wildman–Crippen MR) is 71.5 cm³/mol. The molecule has 1 aromatic carbocycles. The first-order valence-electron chi connectivity index (χ1n) is 6.19. The van der Waals surface area contributed by atoms with Gasteiger partial charge in [-0.2, -0.15) is 4.31 Å². The van der Waals surface area contributed by atoms with E-state index in [4.69, 9.17) is 0 Å². The average Bonchev–Trinajstić information content (AvgIpc) is 2.93. The lowest BCUT2D eigenvalue weighted by molar-refractivity contribution is 0.464. The van der Waals surface area contributed by atoms with Crippen LogP contribution in [0.3, 0.4) is 0 Å². The molecule has 1 unspecified atom stereocenters. The number of fused-ring (bicyclic) bond motifs is 1. The summed E-state index contributed by atoms with van der Waals surface area (Å²) >= 11 is 0. The number of hydrogen-bond acceptors (Lipinski definition) is 3. The van der Waals surface area contributed by atoms with E-state index in [0.29, 0.717) is 30.0 Å². The fraction of sp³-hybridized carbons (Fsp3) is 0.417. The Hall–Kier alpha value is -1.60. The van der Waals surface area contributed by atoms with Crippen molar-refractivity contribution in [2.45, 2.75) is 18.2 Å². The molecule has 1 aliphatic rings. The Morgan fingerprint density at radius 2 is 2.00 bits per heavy atom. The molecular formula is C12H15N3O3S. The van der Waals surface area contributed by atoms with Gasteiger partial charge in [0.05, 0.1) is 15.9 Å². The summed E-state index contributed by atoms with van der Waals surface area (Å²) in [5.41, 5.74) is 0.788. The second-order valence-electron chi connectivity index (χ2n) is 5.04. The molecule has 0 spiro atoms.